The van der Waals surface area contributed by atoms with Crippen LogP contribution < -0.4 is 5.32 Å². The summed E-state index contributed by atoms with van der Waals surface area (Å²) in [6.07, 6.45) is 6.47. The molecule has 1 saturated heterocycles. The van der Waals surface area contributed by atoms with Crippen LogP contribution in [-0.2, 0) is 4.74 Å². The second-order valence-corrected chi connectivity index (χ2v) is 5.82. The molecule has 1 N–H and O–H groups in total. The topological polar surface area (TPSA) is 21.3 Å². The molecule has 0 spiro atoms. The van der Waals surface area contributed by atoms with Gasteiger partial charge < -0.3 is 10.1 Å². The van der Waals surface area contributed by atoms with Crippen LogP contribution >= 0.6 is 11.6 Å². The first kappa shape index (κ1) is 14.8. The summed E-state index contributed by atoms with van der Waals surface area (Å²) in [5, 5.41) is 4.25. The molecule has 2 rings (SSSR count). The van der Waals surface area contributed by atoms with E-state index in [1.807, 2.05) is 14.0 Å². The Bertz CT molecular complexity index is 402. The summed E-state index contributed by atoms with van der Waals surface area (Å²) in [7, 11) is 2.02. The van der Waals surface area contributed by atoms with E-state index in [2.05, 4.69) is 23.5 Å². The molecule has 0 radical (unpaired) electrons. The summed E-state index contributed by atoms with van der Waals surface area (Å²) < 4.78 is 5.67. The maximum atomic E-state index is 6.20. The number of hydrogen-bond donors (Lipinski definition) is 1. The minimum atomic E-state index is 0.388. The highest BCUT2D eigenvalue weighted by molar-refractivity contribution is 6.31. The third-order valence-corrected chi connectivity index (χ3v) is 4.40. The lowest BCUT2D eigenvalue weighted by molar-refractivity contribution is 0.101. The normalized spacial score (nSPS) is 20.7. The Hall–Kier alpha value is -0.570. The Balaban J connectivity index is 1.86. The van der Waals surface area contributed by atoms with E-state index in [0.29, 0.717) is 12.1 Å². The zero-order valence-electron chi connectivity index (χ0n) is 11.9. The van der Waals surface area contributed by atoms with Crippen LogP contribution in [0.2, 0.25) is 5.02 Å². The molecule has 1 aliphatic heterocycles. The van der Waals surface area contributed by atoms with Gasteiger partial charge in [0, 0.05) is 17.7 Å². The lowest BCUT2D eigenvalue weighted by atomic mass is 9.98. The van der Waals surface area contributed by atoms with Gasteiger partial charge in [-0.1, -0.05) is 23.7 Å². The van der Waals surface area contributed by atoms with Crippen LogP contribution in [0.1, 0.15) is 49.3 Å². The summed E-state index contributed by atoms with van der Waals surface area (Å²) in [6.45, 7) is 2.99. The third kappa shape index (κ3) is 4.20. The van der Waals surface area contributed by atoms with Gasteiger partial charge in [0.2, 0.25) is 0 Å². The first-order valence-electron chi connectivity index (χ1n) is 7.25. The van der Waals surface area contributed by atoms with E-state index in [9.17, 15) is 0 Å². The van der Waals surface area contributed by atoms with Crippen molar-refractivity contribution in [1.29, 1.82) is 0 Å². The molecule has 0 saturated carbocycles. The minimum absolute atomic E-state index is 0.388. The molecule has 106 valence electrons. The molecule has 2 nitrogen and oxygen atoms in total. The van der Waals surface area contributed by atoms with E-state index in [4.69, 9.17) is 16.3 Å². The lowest BCUT2D eigenvalue weighted by Gasteiger charge is -2.18. The van der Waals surface area contributed by atoms with E-state index < -0.39 is 0 Å². The monoisotopic (exact) mass is 281 g/mol. The predicted octanol–water partition coefficient (Wildman–Crippen LogP) is 4.26. The van der Waals surface area contributed by atoms with Crippen molar-refractivity contribution in [3.05, 3.63) is 34.3 Å². The molecule has 0 amide bonds. The lowest BCUT2D eigenvalue weighted by Crippen LogP contribution is -2.17. The Labute approximate surface area is 121 Å². The molecular weight excluding hydrogens is 258 g/mol. The van der Waals surface area contributed by atoms with Gasteiger partial charge >= 0.3 is 0 Å². The molecule has 1 aromatic rings. The number of rotatable bonds is 6. The molecule has 0 aliphatic carbocycles. The van der Waals surface area contributed by atoms with Crippen molar-refractivity contribution in [1.82, 2.24) is 5.32 Å². The summed E-state index contributed by atoms with van der Waals surface area (Å²) in [4.78, 5) is 0. The van der Waals surface area contributed by atoms with Crippen LogP contribution in [0.25, 0.3) is 0 Å². The van der Waals surface area contributed by atoms with Gasteiger partial charge in [-0.3, -0.25) is 0 Å². The van der Waals surface area contributed by atoms with Gasteiger partial charge in [0.05, 0.1) is 6.10 Å². The fraction of sp³-hybridized carbons (Fsp3) is 0.625. The maximum absolute atomic E-state index is 6.20. The van der Waals surface area contributed by atoms with Crippen molar-refractivity contribution in [2.75, 3.05) is 13.7 Å². The van der Waals surface area contributed by atoms with E-state index in [0.717, 1.165) is 23.6 Å². The number of aryl methyl sites for hydroxylation is 1. The Kier molecular flexibility index (Phi) is 5.68. The van der Waals surface area contributed by atoms with Gasteiger partial charge in [0.15, 0.2) is 0 Å². The van der Waals surface area contributed by atoms with Crippen molar-refractivity contribution >= 4 is 11.6 Å². The summed E-state index contributed by atoms with van der Waals surface area (Å²) in [5.74, 6) is 0. The SMILES string of the molecule is CNC(CCCC1CCCO1)c1ccc(C)c(Cl)c1. The highest BCUT2D eigenvalue weighted by atomic mass is 35.5. The van der Waals surface area contributed by atoms with E-state index in [1.54, 1.807) is 0 Å². The number of benzene rings is 1. The molecule has 2 unspecified atom stereocenters. The zero-order chi connectivity index (χ0) is 13.7. The first-order valence-corrected chi connectivity index (χ1v) is 7.63. The number of halogens is 1. The molecule has 1 aliphatic rings. The zero-order valence-corrected chi connectivity index (χ0v) is 12.7. The fourth-order valence-electron chi connectivity index (χ4n) is 2.73. The summed E-state index contributed by atoms with van der Waals surface area (Å²) in [5.41, 5.74) is 2.42. The standard InChI is InChI=1S/C16H24ClNO/c1-12-8-9-13(11-15(12)17)16(18-2)7-3-5-14-6-4-10-19-14/h8-9,11,14,16,18H,3-7,10H2,1-2H3. The largest absolute Gasteiger partial charge is 0.378 e. The van der Waals surface area contributed by atoms with Gasteiger partial charge in [-0.2, -0.15) is 0 Å². The molecule has 1 fully saturated rings. The van der Waals surface area contributed by atoms with Gasteiger partial charge in [0.25, 0.3) is 0 Å². The van der Waals surface area contributed by atoms with Crippen molar-refractivity contribution < 1.29 is 4.74 Å². The van der Waals surface area contributed by atoms with Gasteiger partial charge in [-0.05, 0) is 63.3 Å². The average Bonchev–Trinajstić information content (AvgIpc) is 2.91. The summed E-state index contributed by atoms with van der Waals surface area (Å²) in [6, 6.07) is 6.75. The van der Waals surface area contributed by atoms with Crippen molar-refractivity contribution in [2.24, 2.45) is 0 Å². The van der Waals surface area contributed by atoms with Gasteiger partial charge in [-0.25, -0.2) is 0 Å². The van der Waals surface area contributed by atoms with Crippen LogP contribution in [0.3, 0.4) is 0 Å². The minimum Gasteiger partial charge on any atom is -0.378 e. The molecular formula is C16H24ClNO. The van der Waals surface area contributed by atoms with Gasteiger partial charge in [-0.15, -0.1) is 0 Å². The molecule has 0 bridgehead atoms. The maximum Gasteiger partial charge on any atom is 0.0576 e. The Morgan fingerprint density at radius 1 is 1.47 bits per heavy atom. The smallest absolute Gasteiger partial charge is 0.0576 e. The van der Waals surface area contributed by atoms with E-state index >= 15 is 0 Å². The highest BCUT2D eigenvalue weighted by Crippen LogP contribution is 2.26. The van der Waals surface area contributed by atoms with Gasteiger partial charge in [0.1, 0.15) is 0 Å². The third-order valence-electron chi connectivity index (χ3n) is 3.99. The molecule has 0 aromatic heterocycles. The number of ether oxygens (including phenoxy) is 1. The molecule has 19 heavy (non-hydrogen) atoms. The predicted molar refractivity (Wildman–Crippen MR) is 80.8 cm³/mol. The van der Waals surface area contributed by atoms with Crippen LogP contribution in [0.15, 0.2) is 18.2 Å². The van der Waals surface area contributed by atoms with Crippen LogP contribution in [-0.4, -0.2) is 19.8 Å². The quantitative estimate of drug-likeness (QED) is 0.841. The highest BCUT2D eigenvalue weighted by Gasteiger charge is 2.16. The average molecular weight is 282 g/mol. The van der Waals surface area contributed by atoms with Crippen LogP contribution in [0.5, 0.6) is 0 Å². The Morgan fingerprint density at radius 2 is 2.32 bits per heavy atom. The van der Waals surface area contributed by atoms with Crippen LogP contribution in [0.4, 0.5) is 0 Å². The van der Waals surface area contributed by atoms with Crippen molar-refractivity contribution in [3.8, 4) is 0 Å². The summed E-state index contributed by atoms with van der Waals surface area (Å²) >= 11 is 6.20. The number of hydrogen-bond acceptors (Lipinski definition) is 2. The molecule has 3 heteroatoms. The van der Waals surface area contributed by atoms with E-state index in [-0.39, 0.29) is 0 Å². The Morgan fingerprint density at radius 3 is 2.95 bits per heavy atom. The molecule has 2 atom stereocenters. The molecule has 1 aromatic carbocycles. The number of nitrogens with one attached hydrogen (secondary N) is 1. The fourth-order valence-corrected chi connectivity index (χ4v) is 2.91. The second-order valence-electron chi connectivity index (χ2n) is 5.42. The molecule has 1 heterocycles. The first-order chi connectivity index (χ1) is 9.20. The van der Waals surface area contributed by atoms with Crippen molar-refractivity contribution in [3.63, 3.8) is 0 Å². The van der Waals surface area contributed by atoms with E-state index in [1.165, 1.54) is 31.2 Å². The van der Waals surface area contributed by atoms with Crippen LogP contribution in [0, 0.1) is 6.92 Å². The second kappa shape index (κ2) is 7.28. The van der Waals surface area contributed by atoms with Crippen molar-refractivity contribution in [2.45, 2.75) is 51.2 Å².